The van der Waals surface area contributed by atoms with Crippen LogP contribution in [0.2, 0.25) is 10.0 Å². The molecule has 10 nitrogen and oxygen atoms in total. The first kappa shape index (κ1) is 31.9. The average Bonchev–Trinajstić information content (AvgIpc) is 3.47. The van der Waals surface area contributed by atoms with Gasteiger partial charge in [0.05, 0.1) is 84.7 Å². The molecular formula is C29H32Cl2N4O6S. The van der Waals surface area contributed by atoms with Crippen LogP contribution in [0.15, 0.2) is 58.9 Å². The molecule has 1 aromatic heterocycles. The lowest BCUT2D eigenvalue weighted by atomic mass is 9.80. The molecule has 1 unspecified atom stereocenters. The fraction of sp³-hybridized carbons (Fsp3) is 0.379. The Morgan fingerprint density at radius 1 is 1.02 bits per heavy atom. The molecule has 1 aliphatic rings. The third-order valence-corrected chi connectivity index (χ3v) is 7.94. The molecule has 3 aromatic rings. The van der Waals surface area contributed by atoms with Gasteiger partial charge in [-0.15, -0.1) is 0 Å². The fourth-order valence-electron chi connectivity index (χ4n) is 4.66. The molecule has 2 N–H and O–H groups in total. The zero-order chi connectivity index (χ0) is 30.1. The number of methoxy groups -OCH3 is 1. The number of allylic oxidation sites excluding steroid dienone is 1. The van der Waals surface area contributed by atoms with Crippen molar-refractivity contribution in [1.29, 1.82) is 0 Å². The molecule has 0 saturated heterocycles. The smallest absolute Gasteiger partial charge is 0.336 e. The van der Waals surface area contributed by atoms with Crippen molar-refractivity contribution in [1.82, 2.24) is 19.4 Å². The van der Waals surface area contributed by atoms with Gasteiger partial charge < -0.3 is 29.6 Å². The number of fused-ring (bicyclic) bond motifs is 1. The second-order valence-corrected chi connectivity index (χ2v) is 10.5. The molecular weight excluding hydrogens is 603 g/mol. The van der Waals surface area contributed by atoms with Gasteiger partial charge in [-0.25, -0.2) is 9.59 Å². The topological polar surface area (TPSA) is 121 Å². The highest BCUT2D eigenvalue weighted by Crippen LogP contribution is 2.43. The van der Waals surface area contributed by atoms with Crippen LogP contribution < -0.4 is 10.6 Å². The van der Waals surface area contributed by atoms with Crippen molar-refractivity contribution >= 4 is 57.9 Å². The number of benzene rings is 2. The number of hydrogen-bond donors (Lipinski definition) is 2. The van der Waals surface area contributed by atoms with E-state index in [1.54, 1.807) is 32.0 Å². The van der Waals surface area contributed by atoms with Gasteiger partial charge in [0, 0.05) is 18.8 Å². The van der Waals surface area contributed by atoms with Crippen molar-refractivity contribution in [2.75, 3.05) is 46.7 Å². The van der Waals surface area contributed by atoms with Crippen molar-refractivity contribution in [3.05, 3.63) is 80.1 Å². The largest absolute Gasteiger partial charge is 0.466 e. The molecule has 0 aliphatic carbocycles. The van der Waals surface area contributed by atoms with E-state index in [9.17, 15) is 9.59 Å². The molecule has 2 aromatic carbocycles. The van der Waals surface area contributed by atoms with E-state index in [0.717, 1.165) is 16.6 Å². The number of esters is 2. The Labute approximate surface area is 258 Å². The van der Waals surface area contributed by atoms with Crippen LogP contribution in [-0.4, -0.2) is 67.4 Å². The van der Waals surface area contributed by atoms with Crippen LogP contribution in [0, 0.1) is 0 Å². The fourth-order valence-corrected chi connectivity index (χ4v) is 5.65. The third-order valence-electron chi connectivity index (χ3n) is 6.56. The highest BCUT2D eigenvalue weighted by molar-refractivity contribution is 7.00. The highest BCUT2D eigenvalue weighted by atomic mass is 35.5. The molecule has 0 fully saturated rings. The zero-order valence-corrected chi connectivity index (χ0v) is 25.8. The Kier molecular flexibility index (Phi) is 11.7. The molecule has 1 aliphatic heterocycles. The van der Waals surface area contributed by atoms with E-state index in [0.29, 0.717) is 48.3 Å². The number of halogens is 2. The first-order valence-corrected chi connectivity index (χ1v) is 14.8. The summed E-state index contributed by atoms with van der Waals surface area (Å²) in [6, 6.07) is 11.0. The minimum Gasteiger partial charge on any atom is -0.466 e. The number of dihydropyridines is 1. The summed E-state index contributed by atoms with van der Waals surface area (Å²) in [6.45, 7) is 6.04. The minimum atomic E-state index is -0.879. The van der Waals surface area contributed by atoms with Crippen LogP contribution >= 0.6 is 34.9 Å². The predicted octanol–water partition coefficient (Wildman–Crippen LogP) is 4.77. The lowest BCUT2D eigenvalue weighted by molar-refractivity contribution is -0.139. The number of nitrogens with zero attached hydrogens (tertiary/aromatic N) is 2. The van der Waals surface area contributed by atoms with Gasteiger partial charge in [-0.2, -0.15) is 8.75 Å². The summed E-state index contributed by atoms with van der Waals surface area (Å²) in [7, 11) is 1.28. The Morgan fingerprint density at radius 2 is 1.81 bits per heavy atom. The zero-order valence-electron chi connectivity index (χ0n) is 23.5. The number of rotatable bonds is 14. The van der Waals surface area contributed by atoms with Crippen molar-refractivity contribution in [2.24, 2.45) is 0 Å². The van der Waals surface area contributed by atoms with Gasteiger partial charge in [0.2, 0.25) is 0 Å². The van der Waals surface area contributed by atoms with Gasteiger partial charge in [0.25, 0.3) is 0 Å². The summed E-state index contributed by atoms with van der Waals surface area (Å²) in [4.78, 5) is 26.2. The Morgan fingerprint density at radius 3 is 2.60 bits per heavy atom. The predicted molar refractivity (Wildman–Crippen MR) is 161 cm³/mol. The monoisotopic (exact) mass is 634 g/mol. The van der Waals surface area contributed by atoms with Crippen LogP contribution in [0.25, 0.3) is 11.0 Å². The van der Waals surface area contributed by atoms with E-state index >= 15 is 0 Å². The highest BCUT2D eigenvalue weighted by Gasteiger charge is 2.40. The van der Waals surface area contributed by atoms with E-state index in [1.807, 2.05) is 18.2 Å². The maximum atomic E-state index is 13.3. The summed E-state index contributed by atoms with van der Waals surface area (Å²) < 4.78 is 30.6. The summed E-state index contributed by atoms with van der Waals surface area (Å²) >= 11 is 14.1. The molecule has 0 spiro atoms. The van der Waals surface area contributed by atoms with Crippen LogP contribution in [0.3, 0.4) is 0 Å². The van der Waals surface area contributed by atoms with E-state index in [-0.39, 0.29) is 36.0 Å². The van der Waals surface area contributed by atoms with Crippen LogP contribution in [-0.2, 0) is 35.1 Å². The average molecular weight is 636 g/mol. The first-order valence-electron chi connectivity index (χ1n) is 13.3. The standard InChI is InChI=1S/C29H32Cl2N4O6S/c1-4-41-29(37)25-22(33-17(2)23(28(36)38-3)24(25)19-8-6-9-20(30)26(19)31)16-40-14-13-39-12-11-32-15-18-7-5-10-21-27(18)35-42-34-21/h5-10,24,32-33H,4,11-16H2,1-3H3. The number of carbonyl (C=O) groups excluding carboxylic acids is 2. The maximum Gasteiger partial charge on any atom is 0.336 e. The van der Waals surface area contributed by atoms with Gasteiger partial charge in [-0.3, -0.25) is 0 Å². The van der Waals surface area contributed by atoms with Gasteiger partial charge in [-0.1, -0.05) is 47.5 Å². The number of carbonyl (C=O) groups is 2. The Bertz CT molecular complexity index is 1490. The molecule has 224 valence electrons. The van der Waals surface area contributed by atoms with Crippen molar-refractivity contribution in [3.8, 4) is 0 Å². The molecule has 0 bridgehead atoms. The first-order chi connectivity index (χ1) is 20.4. The Balaban J connectivity index is 1.38. The normalized spacial score (nSPS) is 15.2. The molecule has 0 radical (unpaired) electrons. The van der Waals surface area contributed by atoms with Gasteiger partial charge in [-0.05, 0) is 37.1 Å². The summed E-state index contributed by atoms with van der Waals surface area (Å²) in [5.74, 6) is -2.09. The summed E-state index contributed by atoms with van der Waals surface area (Å²) in [5.41, 5.74) is 4.76. The Hall–Kier alpha value is -3.06. The van der Waals surface area contributed by atoms with E-state index < -0.39 is 17.9 Å². The van der Waals surface area contributed by atoms with E-state index in [4.69, 9.17) is 42.1 Å². The van der Waals surface area contributed by atoms with Crippen molar-refractivity contribution in [2.45, 2.75) is 26.3 Å². The van der Waals surface area contributed by atoms with Crippen molar-refractivity contribution < 1.29 is 28.5 Å². The number of ether oxygens (including phenoxy) is 4. The quantitative estimate of drug-likeness (QED) is 0.189. The van der Waals surface area contributed by atoms with Gasteiger partial charge >= 0.3 is 11.9 Å². The van der Waals surface area contributed by atoms with Crippen LogP contribution in [0.5, 0.6) is 0 Å². The lowest BCUT2D eigenvalue weighted by Gasteiger charge is -2.31. The molecule has 13 heteroatoms. The van der Waals surface area contributed by atoms with E-state index in [1.165, 1.54) is 18.8 Å². The van der Waals surface area contributed by atoms with E-state index in [2.05, 4.69) is 19.4 Å². The second kappa shape index (κ2) is 15.4. The maximum absolute atomic E-state index is 13.3. The molecule has 0 saturated carbocycles. The van der Waals surface area contributed by atoms with Gasteiger partial charge in [0.1, 0.15) is 11.0 Å². The number of nitrogens with one attached hydrogen (secondary N) is 2. The van der Waals surface area contributed by atoms with Gasteiger partial charge in [0.15, 0.2) is 0 Å². The van der Waals surface area contributed by atoms with Crippen LogP contribution in [0.4, 0.5) is 0 Å². The second-order valence-electron chi connectivity index (χ2n) is 9.23. The lowest BCUT2D eigenvalue weighted by Crippen LogP contribution is -2.35. The number of aromatic nitrogens is 2. The molecule has 4 rings (SSSR count). The van der Waals surface area contributed by atoms with Crippen LogP contribution in [0.1, 0.15) is 30.9 Å². The molecule has 0 amide bonds. The molecule has 2 heterocycles. The summed E-state index contributed by atoms with van der Waals surface area (Å²) in [5, 5.41) is 7.01. The van der Waals surface area contributed by atoms with Crippen molar-refractivity contribution in [3.63, 3.8) is 0 Å². The SMILES string of the molecule is CCOC(=O)C1=C(COCCOCCNCc2cccc3nsnc23)NC(C)=C(C(=O)OC)C1c1cccc(Cl)c1Cl. The minimum absolute atomic E-state index is 0.0436. The summed E-state index contributed by atoms with van der Waals surface area (Å²) in [6.07, 6.45) is 0. The molecule has 42 heavy (non-hydrogen) atoms. The number of hydrogen-bond acceptors (Lipinski definition) is 11. The third kappa shape index (κ3) is 7.47. The molecule has 1 atom stereocenters.